The summed E-state index contributed by atoms with van der Waals surface area (Å²) in [5, 5.41) is 0. The van der Waals surface area contributed by atoms with Gasteiger partial charge in [-0.25, -0.2) is 0 Å². The van der Waals surface area contributed by atoms with E-state index in [0.717, 1.165) is 23.7 Å². The van der Waals surface area contributed by atoms with Gasteiger partial charge >= 0.3 is 0 Å². The maximum absolute atomic E-state index is 2.64. The summed E-state index contributed by atoms with van der Waals surface area (Å²) in [6.45, 7) is 10.1. The van der Waals surface area contributed by atoms with Gasteiger partial charge in [-0.1, -0.05) is 53.4 Å². The minimum absolute atomic E-state index is 0.627. The van der Waals surface area contributed by atoms with E-state index >= 15 is 0 Å². The summed E-state index contributed by atoms with van der Waals surface area (Å²) in [6.07, 6.45) is 10.4. The number of hydrogen-bond acceptors (Lipinski definition) is 0. The molecule has 17 heavy (non-hydrogen) atoms. The van der Waals surface area contributed by atoms with Crippen molar-refractivity contribution in [3.63, 3.8) is 0 Å². The van der Waals surface area contributed by atoms with Gasteiger partial charge in [0.15, 0.2) is 0 Å². The van der Waals surface area contributed by atoms with Crippen molar-refractivity contribution in [2.45, 2.75) is 72.6 Å². The van der Waals surface area contributed by atoms with Crippen molar-refractivity contribution < 1.29 is 0 Å². The molecule has 5 atom stereocenters. The van der Waals surface area contributed by atoms with Crippen molar-refractivity contribution in [1.29, 1.82) is 0 Å². The Bertz CT molecular complexity index is 303. The van der Waals surface area contributed by atoms with E-state index in [2.05, 4.69) is 27.7 Å². The van der Waals surface area contributed by atoms with Gasteiger partial charge in [-0.3, -0.25) is 0 Å². The van der Waals surface area contributed by atoms with Crippen LogP contribution in [0.5, 0.6) is 0 Å². The molecule has 0 bridgehead atoms. The Morgan fingerprint density at radius 1 is 0.941 bits per heavy atom. The van der Waals surface area contributed by atoms with Crippen LogP contribution in [0.1, 0.15) is 72.6 Å². The van der Waals surface area contributed by atoms with Gasteiger partial charge in [0.2, 0.25) is 0 Å². The number of hydrogen-bond donors (Lipinski definition) is 0. The third-order valence-electron chi connectivity index (χ3n) is 7.35. The van der Waals surface area contributed by atoms with Crippen molar-refractivity contribution >= 4 is 0 Å². The van der Waals surface area contributed by atoms with Crippen LogP contribution in [0.15, 0.2) is 0 Å². The van der Waals surface area contributed by atoms with Crippen LogP contribution in [0.25, 0.3) is 0 Å². The predicted octanol–water partition coefficient (Wildman–Crippen LogP) is 5.28. The van der Waals surface area contributed by atoms with Crippen LogP contribution in [-0.4, -0.2) is 0 Å². The quantitative estimate of drug-likeness (QED) is 0.568. The summed E-state index contributed by atoms with van der Waals surface area (Å²) < 4.78 is 0. The topological polar surface area (TPSA) is 0 Å². The molecule has 3 saturated carbocycles. The van der Waals surface area contributed by atoms with E-state index in [9.17, 15) is 0 Å². The summed E-state index contributed by atoms with van der Waals surface area (Å²) in [7, 11) is 0. The number of rotatable bonds is 5. The first kappa shape index (κ1) is 12.1. The van der Waals surface area contributed by atoms with Gasteiger partial charge in [-0.05, 0) is 53.8 Å². The molecular weight excluding hydrogens is 204 g/mol. The molecule has 0 aromatic rings. The van der Waals surface area contributed by atoms with Crippen LogP contribution in [0.4, 0.5) is 0 Å². The molecule has 0 saturated heterocycles. The van der Waals surface area contributed by atoms with Crippen LogP contribution in [0.2, 0.25) is 0 Å². The highest BCUT2D eigenvalue weighted by atomic mass is 14.8. The first-order valence-corrected chi connectivity index (χ1v) is 8.02. The fourth-order valence-electron chi connectivity index (χ4n) is 5.71. The minimum atomic E-state index is 0.627. The third-order valence-corrected chi connectivity index (χ3v) is 7.35. The first-order valence-electron chi connectivity index (χ1n) is 8.02. The van der Waals surface area contributed by atoms with Crippen LogP contribution < -0.4 is 0 Å². The summed E-state index contributed by atoms with van der Waals surface area (Å²) in [5.41, 5.74) is 1.30. The molecule has 3 rings (SSSR count). The third kappa shape index (κ3) is 1.36. The van der Waals surface area contributed by atoms with Gasteiger partial charge in [-0.15, -0.1) is 0 Å². The second-order valence-corrected chi connectivity index (χ2v) is 7.97. The molecule has 0 N–H and O–H groups in total. The Kier molecular flexibility index (Phi) is 2.66. The van der Waals surface area contributed by atoms with E-state index < -0.39 is 0 Å². The molecule has 3 fully saturated rings. The average molecular weight is 234 g/mol. The van der Waals surface area contributed by atoms with E-state index in [1.165, 1.54) is 32.1 Å². The Balaban J connectivity index is 1.68. The molecule has 0 spiro atoms. The lowest BCUT2D eigenvalue weighted by atomic mass is 9.49. The zero-order chi connectivity index (χ0) is 12.3. The molecule has 0 radical (unpaired) electrons. The fraction of sp³-hybridized carbons (Fsp3) is 1.00. The fourth-order valence-corrected chi connectivity index (χ4v) is 5.71. The maximum atomic E-state index is 2.64. The second kappa shape index (κ2) is 3.75. The Morgan fingerprint density at radius 3 is 2.24 bits per heavy atom. The Labute approximate surface area is 108 Å². The molecular formula is C17H30. The van der Waals surface area contributed by atoms with E-state index in [0.29, 0.717) is 10.8 Å². The molecule has 0 aromatic heterocycles. The molecule has 0 amide bonds. The van der Waals surface area contributed by atoms with Gasteiger partial charge in [0.1, 0.15) is 0 Å². The van der Waals surface area contributed by atoms with Crippen LogP contribution in [0, 0.1) is 34.5 Å². The molecule has 0 aliphatic heterocycles. The van der Waals surface area contributed by atoms with E-state index in [-0.39, 0.29) is 0 Å². The van der Waals surface area contributed by atoms with Crippen LogP contribution in [0.3, 0.4) is 0 Å². The van der Waals surface area contributed by atoms with E-state index in [4.69, 9.17) is 0 Å². The van der Waals surface area contributed by atoms with Gasteiger partial charge in [0.25, 0.3) is 0 Å². The molecule has 5 unspecified atom stereocenters. The second-order valence-electron chi connectivity index (χ2n) is 7.97. The van der Waals surface area contributed by atoms with Crippen LogP contribution >= 0.6 is 0 Å². The van der Waals surface area contributed by atoms with Crippen LogP contribution in [-0.2, 0) is 0 Å². The highest BCUT2D eigenvalue weighted by Crippen LogP contribution is 2.79. The molecule has 3 aliphatic carbocycles. The first-order chi connectivity index (χ1) is 8.02. The normalized spacial score (nSPS) is 49.4. The van der Waals surface area contributed by atoms with Crippen molar-refractivity contribution in [1.82, 2.24) is 0 Å². The standard InChI is InChI=1S/C17H30/c1-5-6-7-8-9-17(4)14-11-12-10-13(15(12)14)16(17,2)3/h12-15H,5-11H2,1-4H3. The van der Waals surface area contributed by atoms with Gasteiger partial charge < -0.3 is 0 Å². The van der Waals surface area contributed by atoms with Gasteiger partial charge in [-0.2, -0.15) is 0 Å². The highest BCUT2D eigenvalue weighted by molar-refractivity contribution is 5.20. The molecule has 0 heteroatoms. The number of unbranched alkanes of at least 4 members (excludes halogenated alkanes) is 3. The molecule has 3 aliphatic rings. The minimum Gasteiger partial charge on any atom is -0.0654 e. The predicted molar refractivity (Wildman–Crippen MR) is 73.8 cm³/mol. The smallest absolute Gasteiger partial charge is 0.0241 e. The Hall–Kier alpha value is 0. The molecule has 98 valence electrons. The van der Waals surface area contributed by atoms with Crippen molar-refractivity contribution in [3.05, 3.63) is 0 Å². The molecule has 0 nitrogen and oxygen atoms in total. The summed E-state index contributed by atoms with van der Waals surface area (Å²) in [6, 6.07) is 0. The lowest BCUT2D eigenvalue weighted by Crippen LogP contribution is -2.48. The van der Waals surface area contributed by atoms with Crippen molar-refractivity contribution in [3.8, 4) is 0 Å². The van der Waals surface area contributed by atoms with E-state index in [1.54, 1.807) is 12.8 Å². The van der Waals surface area contributed by atoms with E-state index in [1.807, 2.05) is 0 Å². The zero-order valence-electron chi connectivity index (χ0n) is 12.3. The summed E-state index contributed by atoms with van der Waals surface area (Å²) in [5.74, 6) is 4.49. The monoisotopic (exact) mass is 234 g/mol. The van der Waals surface area contributed by atoms with Gasteiger partial charge in [0.05, 0.1) is 0 Å². The summed E-state index contributed by atoms with van der Waals surface area (Å²) >= 11 is 0. The van der Waals surface area contributed by atoms with Crippen molar-refractivity contribution in [2.24, 2.45) is 34.5 Å². The lowest BCUT2D eigenvalue weighted by Gasteiger charge is -2.55. The molecule has 0 heterocycles. The average Bonchev–Trinajstić information content (AvgIpc) is 2.33. The maximum Gasteiger partial charge on any atom is -0.0241 e. The SMILES string of the molecule is CCCCCCC1(C)C2CC3CC(C32)C1(C)C. The van der Waals surface area contributed by atoms with Gasteiger partial charge in [0, 0.05) is 0 Å². The lowest BCUT2D eigenvalue weighted by molar-refractivity contribution is -0.0673. The largest absolute Gasteiger partial charge is 0.0654 e. The molecule has 0 aromatic carbocycles. The van der Waals surface area contributed by atoms with Crippen molar-refractivity contribution in [2.75, 3.05) is 0 Å². The summed E-state index contributed by atoms with van der Waals surface area (Å²) in [4.78, 5) is 0. The highest BCUT2D eigenvalue weighted by Gasteiger charge is 2.72. The zero-order valence-corrected chi connectivity index (χ0v) is 12.3. The Morgan fingerprint density at radius 2 is 1.65 bits per heavy atom.